The van der Waals surface area contributed by atoms with Crippen molar-refractivity contribution in [3.8, 4) is 5.75 Å². The smallest absolute Gasteiger partial charge is 0.119 e. The van der Waals surface area contributed by atoms with Gasteiger partial charge >= 0.3 is 0 Å². The van der Waals surface area contributed by atoms with Crippen LogP contribution in [0.3, 0.4) is 0 Å². The number of hydrogen-bond donors (Lipinski definition) is 0. The standard InChI is InChI=1S/C16H17ClO/c1-2-13-4-3-5-16(12-13)18-11-10-14-6-8-15(17)9-7-14/h3-9,12H,2,10-11H2,1H3. The predicted octanol–water partition coefficient (Wildman–Crippen LogP) is 4.52. The molecule has 0 aliphatic rings. The Hall–Kier alpha value is -1.47. The molecular weight excluding hydrogens is 244 g/mol. The summed E-state index contributed by atoms with van der Waals surface area (Å²) in [4.78, 5) is 0. The highest BCUT2D eigenvalue weighted by Crippen LogP contribution is 2.15. The van der Waals surface area contributed by atoms with Gasteiger partial charge in [-0.05, 0) is 41.8 Å². The number of benzene rings is 2. The van der Waals surface area contributed by atoms with Crippen molar-refractivity contribution in [3.05, 3.63) is 64.7 Å². The Bertz CT molecular complexity index is 491. The molecule has 0 atom stereocenters. The molecule has 1 nitrogen and oxygen atoms in total. The fourth-order valence-corrected chi connectivity index (χ4v) is 1.92. The fourth-order valence-electron chi connectivity index (χ4n) is 1.79. The molecule has 0 N–H and O–H groups in total. The lowest BCUT2D eigenvalue weighted by molar-refractivity contribution is 0.321. The van der Waals surface area contributed by atoms with Gasteiger partial charge in [-0.25, -0.2) is 0 Å². The van der Waals surface area contributed by atoms with Crippen LogP contribution in [0, 0.1) is 0 Å². The molecule has 2 heteroatoms. The van der Waals surface area contributed by atoms with Crippen LogP contribution >= 0.6 is 11.6 Å². The Labute approximate surface area is 113 Å². The first-order valence-corrected chi connectivity index (χ1v) is 6.62. The van der Waals surface area contributed by atoms with E-state index in [4.69, 9.17) is 16.3 Å². The van der Waals surface area contributed by atoms with E-state index in [-0.39, 0.29) is 0 Å². The van der Waals surface area contributed by atoms with Crippen molar-refractivity contribution < 1.29 is 4.74 Å². The number of rotatable bonds is 5. The monoisotopic (exact) mass is 260 g/mol. The number of aryl methyl sites for hydroxylation is 1. The molecule has 0 radical (unpaired) electrons. The minimum atomic E-state index is 0.689. The Balaban J connectivity index is 1.86. The Kier molecular flexibility index (Phi) is 4.66. The predicted molar refractivity (Wildman–Crippen MR) is 76.5 cm³/mol. The summed E-state index contributed by atoms with van der Waals surface area (Å²) in [6.07, 6.45) is 1.93. The van der Waals surface area contributed by atoms with Crippen molar-refractivity contribution in [2.75, 3.05) is 6.61 Å². The first-order chi connectivity index (χ1) is 8.78. The summed E-state index contributed by atoms with van der Waals surface area (Å²) >= 11 is 5.84. The molecule has 0 heterocycles. The van der Waals surface area contributed by atoms with E-state index in [0.717, 1.165) is 23.6 Å². The number of hydrogen-bond acceptors (Lipinski definition) is 1. The third-order valence-corrected chi connectivity index (χ3v) is 3.13. The van der Waals surface area contributed by atoms with Gasteiger partial charge in [0.25, 0.3) is 0 Å². The van der Waals surface area contributed by atoms with Gasteiger partial charge in [0.2, 0.25) is 0 Å². The van der Waals surface area contributed by atoms with Crippen LogP contribution in [0.1, 0.15) is 18.1 Å². The largest absolute Gasteiger partial charge is 0.493 e. The molecule has 0 saturated heterocycles. The van der Waals surface area contributed by atoms with Gasteiger partial charge in [-0.15, -0.1) is 0 Å². The molecule has 0 bridgehead atoms. The molecule has 2 rings (SSSR count). The molecule has 0 fully saturated rings. The molecule has 0 aliphatic carbocycles. The zero-order valence-corrected chi connectivity index (χ0v) is 11.3. The minimum Gasteiger partial charge on any atom is -0.493 e. The van der Waals surface area contributed by atoms with Gasteiger partial charge in [-0.2, -0.15) is 0 Å². The summed E-state index contributed by atoms with van der Waals surface area (Å²) in [7, 11) is 0. The summed E-state index contributed by atoms with van der Waals surface area (Å²) in [5.41, 5.74) is 2.55. The molecule has 94 valence electrons. The van der Waals surface area contributed by atoms with Crippen LogP contribution in [0.4, 0.5) is 0 Å². The molecule has 0 saturated carbocycles. The van der Waals surface area contributed by atoms with E-state index >= 15 is 0 Å². The topological polar surface area (TPSA) is 9.23 Å². The van der Waals surface area contributed by atoms with E-state index in [1.54, 1.807) is 0 Å². The Morgan fingerprint density at radius 1 is 1.00 bits per heavy atom. The zero-order valence-electron chi connectivity index (χ0n) is 10.5. The molecule has 2 aromatic rings. The van der Waals surface area contributed by atoms with Crippen molar-refractivity contribution in [3.63, 3.8) is 0 Å². The van der Waals surface area contributed by atoms with Crippen LogP contribution in [0.15, 0.2) is 48.5 Å². The van der Waals surface area contributed by atoms with Crippen molar-refractivity contribution in [2.45, 2.75) is 19.8 Å². The second kappa shape index (κ2) is 6.46. The van der Waals surface area contributed by atoms with Crippen LogP contribution in [0.5, 0.6) is 5.75 Å². The highest BCUT2D eigenvalue weighted by molar-refractivity contribution is 6.30. The lowest BCUT2D eigenvalue weighted by Crippen LogP contribution is -2.01. The van der Waals surface area contributed by atoms with Crippen LogP contribution in [-0.2, 0) is 12.8 Å². The third kappa shape index (κ3) is 3.78. The maximum atomic E-state index is 5.84. The van der Waals surface area contributed by atoms with Gasteiger partial charge in [-0.1, -0.05) is 42.8 Å². The van der Waals surface area contributed by atoms with Crippen LogP contribution in [0.25, 0.3) is 0 Å². The first-order valence-electron chi connectivity index (χ1n) is 6.24. The Morgan fingerprint density at radius 2 is 1.78 bits per heavy atom. The summed E-state index contributed by atoms with van der Waals surface area (Å²) in [5.74, 6) is 0.948. The van der Waals surface area contributed by atoms with Crippen molar-refractivity contribution >= 4 is 11.6 Å². The molecular formula is C16H17ClO. The maximum absolute atomic E-state index is 5.84. The number of halogens is 1. The number of ether oxygens (including phenoxy) is 1. The van der Waals surface area contributed by atoms with Gasteiger partial charge in [0, 0.05) is 11.4 Å². The van der Waals surface area contributed by atoms with Gasteiger partial charge in [0.05, 0.1) is 6.61 Å². The van der Waals surface area contributed by atoms with Crippen molar-refractivity contribution in [1.29, 1.82) is 0 Å². The highest BCUT2D eigenvalue weighted by Gasteiger charge is 1.97. The van der Waals surface area contributed by atoms with E-state index in [2.05, 4.69) is 19.1 Å². The van der Waals surface area contributed by atoms with E-state index < -0.39 is 0 Å². The minimum absolute atomic E-state index is 0.689. The van der Waals surface area contributed by atoms with Crippen molar-refractivity contribution in [1.82, 2.24) is 0 Å². The normalized spacial score (nSPS) is 10.3. The summed E-state index contributed by atoms with van der Waals surface area (Å²) in [6.45, 7) is 2.83. The average molecular weight is 261 g/mol. The van der Waals surface area contributed by atoms with Gasteiger partial charge in [0.1, 0.15) is 5.75 Å². The molecule has 0 spiro atoms. The van der Waals surface area contributed by atoms with Crippen LogP contribution < -0.4 is 4.74 Å². The Morgan fingerprint density at radius 3 is 2.50 bits per heavy atom. The highest BCUT2D eigenvalue weighted by atomic mass is 35.5. The van der Waals surface area contributed by atoms with Crippen LogP contribution in [0.2, 0.25) is 5.02 Å². The first kappa shape index (κ1) is 13.0. The second-order valence-corrected chi connectivity index (χ2v) is 4.66. The lowest BCUT2D eigenvalue weighted by Gasteiger charge is -2.07. The van der Waals surface area contributed by atoms with Gasteiger partial charge in [-0.3, -0.25) is 0 Å². The van der Waals surface area contributed by atoms with Crippen molar-refractivity contribution in [2.24, 2.45) is 0 Å². The van der Waals surface area contributed by atoms with E-state index in [1.807, 2.05) is 36.4 Å². The summed E-state index contributed by atoms with van der Waals surface area (Å²) in [5, 5.41) is 0.773. The molecule has 0 unspecified atom stereocenters. The molecule has 0 aromatic heterocycles. The van der Waals surface area contributed by atoms with E-state index in [0.29, 0.717) is 6.61 Å². The van der Waals surface area contributed by atoms with Crippen LogP contribution in [-0.4, -0.2) is 6.61 Å². The zero-order chi connectivity index (χ0) is 12.8. The van der Waals surface area contributed by atoms with E-state index in [1.165, 1.54) is 11.1 Å². The summed E-state index contributed by atoms with van der Waals surface area (Å²) < 4.78 is 5.75. The van der Waals surface area contributed by atoms with E-state index in [9.17, 15) is 0 Å². The average Bonchev–Trinajstić information content (AvgIpc) is 2.41. The molecule has 0 aliphatic heterocycles. The SMILES string of the molecule is CCc1cccc(OCCc2ccc(Cl)cc2)c1. The third-order valence-electron chi connectivity index (χ3n) is 2.88. The quantitative estimate of drug-likeness (QED) is 0.768. The lowest BCUT2D eigenvalue weighted by atomic mass is 10.1. The second-order valence-electron chi connectivity index (χ2n) is 4.23. The molecule has 0 amide bonds. The van der Waals surface area contributed by atoms with Gasteiger partial charge in [0.15, 0.2) is 0 Å². The fraction of sp³-hybridized carbons (Fsp3) is 0.250. The van der Waals surface area contributed by atoms with Gasteiger partial charge < -0.3 is 4.74 Å². The maximum Gasteiger partial charge on any atom is 0.119 e. The molecule has 18 heavy (non-hydrogen) atoms. The molecule has 2 aromatic carbocycles. The summed E-state index contributed by atoms with van der Waals surface area (Å²) in [6, 6.07) is 16.1.